The molecule has 1 saturated heterocycles. The molecule has 0 saturated carbocycles. The third-order valence-corrected chi connectivity index (χ3v) is 5.36. The van der Waals surface area contributed by atoms with E-state index in [-0.39, 0.29) is 17.4 Å². The molecule has 5 nitrogen and oxygen atoms in total. The number of hydrogen-bond donors (Lipinski definition) is 1. The second kappa shape index (κ2) is 8.03. The Morgan fingerprint density at radius 2 is 1.96 bits per heavy atom. The summed E-state index contributed by atoms with van der Waals surface area (Å²) in [6, 6.07) is 3.93. The fourth-order valence-corrected chi connectivity index (χ4v) is 3.53. The number of benzene rings is 1. The van der Waals surface area contributed by atoms with Crippen LogP contribution in [0.3, 0.4) is 0 Å². The van der Waals surface area contributed by atoms with Gasteiger partial charge in [0, 0.05) is 16.5 Å². The monoisotopic (exact) mass is 414 g/mol. The largest absolute Gasteiger partial charge is 0.323 e. The van der Waals surface area contributed by atoms with Gasteiger partial charge in [0.15, 0.2) is 5.78 Å². The molecule has 1 aromatic rings. The average molecular weight is 415 g/mol. The number of ketones is 1. The van der Waals surface area contributed by atoms with Crippen molar-refractivity contribution >= 4 is 58.2 Å². The molecule has 1 atom stereocenters. The first-order valence-electron chi connectivity index (χ1n) is 7.97. The maximum atomic E-state index is 12.6. The molecule has 2 amide bonds. The molecule has 8 heteroatoms. The van der Waals surface area contributed by atoms with Gasteiger partial charge in [-0.05, 0) is 25.1 Å². The Hall–Kier alpha value is -1.50. The molecular weight excluding hydrogens is 395 g/mol. The van der Waals surface area contributed by atoms with Crippen LogP contribution in [0.4, 0.5) is 5.69 Å². The number of nitrogens with one attached hydrogen (secondary N) is 1. The van der Waals surface area contributed by atoms with Gasteiger partial charge in [-0.1, -0.05) is 55.7 Å². The van der Waals surface area contributed by atoms with E-state index in [2.05, 4.69) is 5.32 Å². The standard InChI is InChI=1S/C18H20Cl2N2O3S/c1-10(17(25)21-13-7-11(19)5-6-12(13)20)22-15(24)9-26-16(22)8-14(23)18(2,3)4/h5-8,10H,9H2,1-4H3,(H,21,25)/b16-8-/t10-/m0/s1. The highest BCUT2D eigenvalue weighted by Gasteiger charge is 2.35. The Morgan fingerprint density at radius 1 is 1.31 bits per heavy atom. The van der Waals surface area contributed by atoms with Gasteiger partial charge in [0.05, 0.1) is 21.5 Å². The van der Waals surface area contributed by atoms with Crippen LogP contribution in [0.5, 0.6) is 0 Å². The Kier molecular flexibility index (Phi) is 6.42. The van der Waals surface area contributed by atoms with Crippen LogP contribution in [0.25, 0.3) is 0 Å². The van der Waals surface area contributed by atoms with Gasteiger partial charge in [-0.15, -0.1) is 0 Å². The van der Waals surface area contributed by atoms with E-state index in [1.807, 2.05) is 0 Å². The van der Waals surface area contributed by atoms with E-state index in [1.54, 1.807) is 39.8 Å². The number of nitrogens with zero attached hydrogens (tertiary/aromatic N) is 1. The first-order chi connectivity index (χ1) is 12.0. The van der Waals surface area contributed by atoms with Crippen molar-refractivity contribution in [1.29, 1.82) is 0 Å². The topological polar surface area (TPSA) is 66.5 Å². The van der Waals surface area contributed by atoms with Gasteiger partial charge in [-0.2, -0.15) is 0 Å². The second-order valence-electron chi connectivity index (χ2n) is 6.94. The Balaban J connectivity index is 2.22. The number of rotatable bonds is 4. The summed E-state index contributed by atoms with van der Waals surface area (Å²) in [4.78, 5) is 38.5. The maximum absolute atomic E-state index is 12.6. The normalized spacial score (nSPS) is 17.5. The zero-order chi connectivity index (χ0) is 19.6. The summed E-state index contributed by atoms with van der Waals surface area (Å²) in [6.45, 7) is 7.01. The van der Waals surface area contributed by atoms with Crippen LogP contribution in [0.2, 0.25) is 10.0 Å². The molecule has 1 fully saturated rings. The molecule has 0 spiro atoms. The molecular formula is C18H20Cl2N2O3S. The van der Waals surface area contributed by atoms with Gasteiger partial charge in [0.25, 0.3) is 0 Å². The van der Waals surface area contributed by atoms with Crippen molar-refractivity contribution in [2.45, 2.75) is 33.7 Å². The lowest BCUT2D eigenvalue weighted by Gasteiger charge is -2.25. The molecule has 0 radical (unpaired) electrons. The molecule has 1 N–H and O–H groups in total. The Morgan fingerprint density at radius 3 is 2.58 bits per heavy atom. The molecule has 1 heterocycles. The number of thioether (sulfide) groups is 1. The van der Waals surface area contributed by atoms with Crippen LogP contribution < -0.4 is 5.32 Å². The van der Waals surface area contributed by atoms with Crippen molar-refractivity contribution in [3.05, 3.63) is 39.3 Å². The molecule has 2 rings (SSSR count). The van der Waals surface area contributed by atoms with Gasteiger partial charge in [-0.25, -0.2) is 0 Å². The lowest BCUT2D eigenvalue weighted by atomic mass is 9.91. The van der Waals surface area contributed by atoms with E-state index in [9.17, 15) is 14.4 Å². The van der Waals surface area contributed by atoms with E-state index in [0.29, 0.717) is 20.8 Å². The van der Waals surface area contributed by atoms with Gasteiger partial charge < -0.3 is 5.32 Å². The van der Waals surface area contributed by atoms with Crippen LogP contribution in [-0.4, -0.2) is 34.3 Å². The quantitative estimate of drug-likeness (QED) is 0.743. The summed E-state index contributed by atoms with van der Waals surface area (Å²) in [6.07, 6.45) is 1.44. The van der Waals surface area contributed by atoms with E-state index in [4.69, 9.17) is 23.2 Å². The number of amides is 2. The van der Waals surface area contributed by atoms with E-state index >= 15 is 0 Å². The highest BCUT2D eigenvalue weighted by molar-refractivity contribution is 8.04. The van der Waals surface area contributed by atoms with Crippen molar-refractivity contribution in [1.82, 2.24) is 4.90 Å². The summed E-state index contributed by atoms with van der Waals surface area (Å²) >= 11 is 13.2. The van der Waals surface area contributed by atoms with Crippen LogP contribution in [0.1, 0.15) is 27.7 Å². The van der Waals surface area contributed by atoms with E-state index < -0.39 is 17.4 Å². The number of hydrogen-bond acceptors (Lipinski definition) is 4. The number of carbonyl (C=O) groups excluding carboxylic acids is 3. The third-order valence-electron chi connectivity index (χ3n) is 3.80. The van der Waals surface area contributed by atoms with Crippen LogP contribution in [0.15, 0.2) is 29.3 Å². The molecule has 1 aromatic carbocycles. The van der Waals surface area contributed by atoms with Crippen molar-refractivity contribution < 1.29 is 14.4 Å². The Bertz CT molecular complexity index is 787. The zero-order valence-corrected chi connectivity index (χ0v) is 17.3. The van der Waals surface area contributed by atoms with Crippen LogP contribution in [-0.2, 0) is 14.4 Å². The average Bonchev–Trinajstić information content (AvgIpc) is 2.89. The van der Waals surface area contributed by atoms with E-state index in [0.717, 1.165) is 0 Å². The van der Waals surface area contributed by atoms with Gasteiger partial charge in [0.1, 0.15) is 6.04 Å². The third kappa shape index (κ3) is 4.81. The highest BCUT2D eigenvalue weighted by Crippen LogP contribution is 2.33. The molecule has 0 aromatic heterocycles. The summed E-state index contributed by atoms with van der Waals surface area (Å²) in [5, 5.41) is 3.94. The second-order valence-corrected chi connectivity index (χ2v) is 8.78. The minimum atomic E-state index is -0.799. The summed E-state index contributed by atoms with van der Waals surface area (Å²) in [5.41, 5.74) is -0.198. The predicted molar refractivity (Wildman–Crippen MR) is 106 cm³/mol. The highest BCUT2D eigenvalue weighted by atomic mass is 35.5. The Labute approximate surface area is 167 Å². The zero-order valence-electron chi connectivity index (χ0n) is 14.9. The van der Waals surface area contributed by atoms with Gasteiger partial charge in [-0.3, -0.25) is 19.3 Å². The van der Waals surface area contributed by atoms with Crippen molar-refractivity contribution in [2.75, 3.05) is 11.1 Å². The molecule has 26 heavy (non-hydrogen) atoms. The first kappa shape index (κ1) is 20.8. The SMILES string of the molecule is C[C@@H](C(=O)Nc1cc(Cl)ccc1Cl)N1C(=O)CS/C1=C\C(=O)C(C)(C)C. The molecule has 140 valence electrons. The summed E-state index contributed by atoms with van der Waals surface area (Å²) < 4.78 is 0. The minimum absolute atomic E-state index is 0.106. The molecule has 0 unspecified atom stereocenters. The summed E-state index contributed by atoms with van der Waals surface area (Å²) in [7, 11) is 0. The lowest BCUT2D eigenvalue weighted by molar-refractivity contribution is -0.132. The number of anilines is 1. The lowest BCUT2D eigenvalue weighted by Crippen LogP contribution is -2.42. The fourth-order valence-electron chi connectivity index (χ4n) is 2.19. The van der Waals surface area contributed by atoms with Crippen molar-refractivity contribution in [2.24, 2.45) is 5.41 Å². The summed E-state index contributed by atoms with van der Waals surface area (Å²) in [5.74, 6) is -0.550. The molecule has 0 bridgehead atoms. The van der Waals surface area contributed by atoms with Crippen molar-refractivity contribution in [3.63, 3.8) is 0 Å². The van der Waals surface area contributed by atoms with Crippen LogP contribution in [0, 0.1) is 5.41 Å². The van der Waals surface area contributed by atoms with Gasteiger partial charge in [0.2, 0.25) is 11.8 Å². The molecule has 1 aliphatic rings. The van der Waals surface area contributed by atoms with Crippen LogP contribution >= 0.6 is 35.0 Å². The maximum Gasteiger partial charge on any atom is 0.247 e. The number of carbonyl (C=O) groups is 3. The number of halogens is 2. The fraction of sp³-hybridized carbons (Fsp3) is 0.389. The molecule has 0 aliphatic carbocycles. The first-order valence-corrected chi connectivity index (χ1v) is 9.72. The minimum Gasteiger partial charge on any atom is -0.323 e. The van der Waals surface area contributed by atoms with Crippen molar-refractivity contribution in [3.8, 4) is 0 Å². The molecule has 1 aliphatic heterocycles. The predicted octanol–water partition coefficient (Wildman–Crippen LogP) is 4.35. The number of allylic oxidation sites excluding steroid dienone is 1. The smallest absolute Gasteiger partial charge is 0.247 e. The van der Waals surface area contributed by atoms with Gasteiger partial charge >= 0.3 is 0 Å². The van der Waals surface area contributed by atoms with E-state index in [1.165, 1.54) is 28.8 Å².